The van der Waals surface area contributed by atoms with Crippen LogP contribution in [0.5, 0.6) is 0 Å². The number of hydrogen-bond acceptors (Lipinski definition) is 2. The van der Waals surface area contributed by atoms with Crippen molar-refractivity contribution < 1.29 is 0 Å². The maximum atomic E-state index is 2.60. The van der Waals surface area contributed by atoms with Gasteiger partial charge in [-0.3, -0.25) is 0 Å². The summed E-state index contributed by atoms with van der Waals surface area (Å²) < 4.78 is 0. The summed E-state index contributed by atoms with van der Waals surface area (Å²) in [5.41, 5.74) is 27.2. The zero-order valence-electron chi connectivity index (χ0n) is 44.6. The van der Waals surface area contributed by atoms with Gasteiger partial charge in [-0.15, -0.1) is 0 Å². The maximum Gasteiger partial charge on any atom is 0.113 e. The maximum absolute atomic E-state index is 2.60. The molecule has 77 heavy (non-hydrogen) atoms. The van der Waals surface area contributed by atoms with Crippen LogP contribution in [0.3, 0.4) is 0 Å². The third kappa shape index (κ3) is 7.51. The molecular weight excluding hydrogens is 945 g/mol. The van der Waals surface area contributed by atoms with Crippen LogP contribution in [0.15, 0.2) is 255 Å². The molecule has 0 bridgehead atoms. The predicted octanol–water partition coefficient (Wildman–Crippen LogP) is 19.0. The van der Waals surface area contributed by atoms with E-state index in [1.807, 2.05) is 0 Å². The van der Waals surface area contributed by atoms with Crippen LogP contribution >= 0.6 is 0 Å². The SMILES string of the molecule is CC1(C)c2cc(-c3ccccc3)ccc2N2c3ccc(-c4ccccc4)cc3C(C)(C)c3cc(-c4ccc5c(c4)[Si](C)(C)c4cc(N(c6ccc(-c7ccccc7)cc6)c6ccc(-c7ccccc7)cc6)ccc4-5)cc1c32. The second-order valence-electron chi connectivity index (χ2n) is 23.0. The Bertz CT molecular complexity index is 3880. The fraction of sp³-hybridized carbons (Fsp3) is 0.108. The van der Waals surface area contributed by atoms with Crippen LogP contribution in [-0.2, 0) is 10.8 Å². The fourth-order valence-corrected chi connectivity index (χ4v) is 16.2. The highest BCUT2D eigenvalue weighted by Gasteiger charge is 2.46. The molecule has 11 aromatic carbocycles. The number of anilines is 6. The molecule has 370 valence electrons. The van der Waals surface area contributed by atoms with Gasteiger partial charge >= 0.3 is 0 Å². The lowest BCUT2D eigenvalue weighted by Gasteiger charge is -2.50. The molecule has 0 aromatic heterocycles. The van der Waals surface area contributed by atoms with Crippen LogP contribution < -0.4 is 20.2 Å². The minimum absolute atomic E-state index is 0.290. The topological polar surface area (TPSA) is 6.48 Å². The molecule has 0 fully saturated rings. The van der Waals surface area contributed by atoms with E-state index in [4.69, 9.17) is 0 Å². The zero-order chi connectivity index (χ0) is 52.2. The average Bonchev–Trinajstić information content (AvgIpc) is 3.85. The summed E-state index contributed by atoms with van der Waals surface area (Å²) in [7, 11) is -2.24. The Balaban J connectivity index is 0.888. The number of rotatable bonds is 8. The lowest BCUT2D eigenvalue weighted by atomic mass is 9.65. The molecule has 0 spiro atoms. The van der Waals surface area contributed by atoms with Crippen molar-refractivity contribution in [2.45, 2.75) is 51.6 Å². The van der Waals surface area contributed by atoms with Crippen molar-refractivity contribution in [2.75, 3.05) is 9.80 Å². The Morgan fingerprint density at radius 2 is 0.623 bits per heavy atom. The summed E-state index contributed by atoms with van der Waals surface area (Å²) in [6.45, 7) is 14.9. The van der Waals surface area contributed by atoms with E-state index in [9.17, 15) is 0 Å². The van der Waals surface area contributed by atoms with Crippen molar-refractivity contribution in [3.05, 3.63) is 277 Å². The normalized spacial score (nSPS) is 14.6. The summed E-state index contributed by atoms with van der Waals surface area (Å²) in [6, 6.07) is 95.3. The first-order valence-corrected chi connectivity index (χ1v) is 30.2. The summed E-state index contributed by atoms with van der Waals surface area (Å²) in [4.78, 5) is 5.04. The molecule has 3 aliphatic rings. The van der Waals surface area contributed by atoms with Crippen molar-refractivity contribution in [3.63, 3.8) is 0 Å². The molecule has 2 nitrogen and oxygen atoms in total. The van der Waals surface area contributed by atoms with E-state index in [1.54, 1.807) is 0 Å². The van der Waals surface area contributed by atoms with Gasteiger partial charge in [-0.2, -0.15) is 0 Å². The van der Waals surface area contributed by atoms with Crippen LogP contribution in [0.4, 0.5) is 34.1 Å². The molecule has 0 atom stereocenters. The van der Waals surface area contributed by atoms with Gasteiger partial charge in [0.25, 0.3) is 0 Å². The standard InChI is InChI=1S/C74H60N2Si/c1-73(2)64-43-55(51-23-15-9-16-24-51)32-41-68(64)76-69-42-33-56(52-25-17-10-18-26-52)44-65(69)74(3,4)67-46-58(45-66(73)72(67)76)57-31-39-62-63-40-38-61(48-71(63)77(5,6)70(62)47-57)75(59-34-27-53(28-35-59)49-19-11-7-12-20-49)60-36-29-54(30-37-60)50-21-13-8-14-22-50/h7-48H,1-6H3. The summed E-state index contributed by atoms with van der Waals surface area (Å²) in [5, 5.41) is 2.97. The Kier molecular flexibility index (Phi) is 10.7. The Morgan fingerprint density at radius 3 is 1.06 bits per heavy atom. The fourth-order valence-electron chi connectivity index (χ4n) is 13.1. The average molecular weight is 1010 g/mol. The van der Waals surface area contributed by atoms with Gasteiger partial charge in [0.15, 0.2) is 0 Å². The summed E-state index contributed by atoms with van der Waals surface area (Å²) >= 11 is 0. The van der Waals surface area contributed by atoms with Crippen LogP contribution in [0.1, 0.15) is 49.9 Å². The Labute approximate surface area is 455 Å². The smallest absolute Gasteiger partial charge is 0.113 e. The Morgan fingerprint density at radius 1 is 0.299 bits per heavy atom. The number of benzene rings is 11. The molecule has 0 saturated carbocycles. The lowest BCUT2D eigenvalue weighted by molar-refractivity contribution is 0.598. The molecule has 0 amide bonds. The monoisotopic (exact) mass is 1000 g/mol. The van der Waals surface area contributed by atoms with Gasteiger partial charge in [0.05, 0.1) is 17.1 Å². The van der Waals surface area contributed by atoms with Crippen molar-refractivity contribution in [2.24, 2.45) is 0 Å². The van der Waals surface area contributed by atoms with Gasteiger partial charge in [-0.05, 0) is 172 Å². The Hall–Kier alpha value is -8.76. The van der Waals surface area contributed by atoms with Gasteiger partial charge in [0.1, 0.15) is 8.07 Å². The minimum Gasteiger partial charge on any atom is -0.311 e. The molecule has 0 aliphatic carbocycles. The van der Waals surface area contributed by atoms with Crippen LogP contribution in [0.2, 0.25) is 13.1 Å². The molecule has 0 radical (unpaired) electrons. The van der Waals surface area contributed by atoms with Crippen molar-refractivity contribution in [1.82, 2.24) is 0 Å². The lowest BCUT2D eigenvalue weighted by Crippen LogP contribution is -2.49. The molecular formula is C74H60N2Si. The molecule has 0 N–H and O–H groups in total. The molecule has 3 heterocycles. The van der Waals surface area contributed by atoms with Gasteiger partial charge in [0, 0.05) is 27.9 Å². The van der Waals surface area contributed by atoms with Crippen LogP contribution in [0, 0.1) is 0 Å². The van der Waals surface area contributed by atoms with Crippen LogP contribution in [0.25, 0.3) is 66.8 Å². The summed E-state index contributed by atoms with van der Waals surface area (Å²) in [5.74, 6) is 0. The van der Waals surface area contributed by atoms with E-state index < -0.39 is 8.07 Å². The molecule has 0 saturated heterocycles. The van der Waals surface area contributed by atoms with E-state index in [0.717, 1.165) is 11.4 Å². The first kappa shape index (κ1) is 46.7. The largest absolute Gasteiger partial charge is 0.311 e. The van der Waals surface area contributed by atoms with E-state index >= 15 is 0 Å². The van der Waals surface area contributed by atoms with Crippen molar-refractivity contribution >= 4 is 52.6 Å². The molecule has 3 aliphatic heterocycles. The highest BCUT2D eigenvalue weighted by atomic mass is 28.3. The number of nitrogens with zero attached hydrogens (tertiary/aromatic N) is 2. The number of hydrogen-bond donors (Lipinski definition) is 0. The number of fused-ring (bicyclic) bond motifs is 7. The third-order valence-corrected chi connectivity index (χ3v) is 21.0. The highest BCUT2D eigenvalue weighted by Crippen LogP contribution is 2.61. The van der Waals surface area contributed by atoms with Crippen molar-refractivity contribution in [1.29, 1.82) is 0 Å². The van der Waals surface area contributed by atoms with E-state index in [2.05, 4.69) is 305 Å². The minimum atomic E-state index is -2.24. The molecule has 3 heteroatoms. The molecule has 11 aromatic rings. The molecule has 14 rings (SSSR count). The zero-order valence-corrected chi connectivity index (χ0v) is 45.6. The van der Waals surface area contributed by atoms with Gasteiger partial charge in [0.2, 0.25) is 0 Å². The van der Waals surface area contributed by atoms with E-state index in [1.165, 1.54) is 122 Å². The first-order chi connectivity index (χ1) is 37.4. The van der Waals surface area contributed by atoms with Crippen molar-refractivity contribution in [3.8, 4) is 66.8 Å². The first-order valence-electron chi connectivity index (χ1n) is 27.2. The van der Waals surface area contributed by atoms with Gasteiger partial charge in [-0.25, -0.2) is 0 Å². The van der Waals surface area contributed by atoms with E-state index in [0.29, 0.717) is 0 Å². The molecule has 0 unspecified atom stereocenters. The second kappa shape index (κ2) is 17.7. The third-order valence-electron chi connectivity index (χ3n) is 17.4. The highest BCUT2D eigenvalue weighted by molar-refractivity contribution is 7.04. The predicted molar refractivity (Wildman–Crippen MR) is 329 cm³/mol. The summed E-state index contributed by atoms with van der Waals surface area (Å²) in [6.07, 6.45) is 0. The van der Waals surface area contributed by atoms with Crippen LogP contribution in [-0.4, -0.2) is 8.07 Å². The van der Waals surface area contributed by atoms with Gasteiger partial charge < -0.3 is 9.80 Å². The van der Waals surface area contributed by atoms with Gasteiger partial charge in [-0.1, -0.05) is 223 Å². The quantitative estimate of drug-likeness (QED) is 0.140. The van der Waals surface area contributed by atoms with E-state index in [-0.39, 0.29) is 10.8 Å². The second-order valence-corrected chi connectivity index (χ2v) is 27.3.